The van der Waals surface area contributed by atoms with Gasteiger partial charge in [-0.15, -0.1) is 24.0 Å². The molecule has 23 heavy (non-hydrogen) atoms. The quantitative estimate of drug-likeness (QED) is 0.304. The van der Waals surface area contributed by atoms with Gasteiger partial charge in [-0.1, -0.05) is 11.6 Å². The minimum Gasteiger partial charge on any atom is -0.475 e. The molecular weight excluding hydrogens is 448 g/mol. The van der Waals surface area contributed by atoms with Crippen LogP contribution in [0.15, 0.2) is 17.3 Å². The summed E-state index contributed by atoms with van der Waals surface area (Å²) in [5.41, 5.74) is -0.906. The fraction of sp³-hybridized carbons (Fsp3) is 0.538. The number of ether oxygens (including phenoxy) is 1. The van der Waals surface area contributed by atoms with E-state index in [1.165, 1.54) is 0 Å². The SMILES string of the molecule is CN=C(NCCOc1ncc(C(F)(F)F)cc1Cl)NC1CC1.I. The zero-order valence-electron chi connectivity index (χ0n) is 12.3. The lowest BCUT2D eigenvalue weighted by Crippen LogP contribution is -2.40. The molecular formula is C13H17ClF3IN4O. The molecule has 1 aromatic rings. The summed E-state index contributed by atoms with van der Waals surface area (Å²) in [6, 6.07) is 1.27. The minimum absolute atomic E-state index is 0. The zero-order chi connectivity index (χ0) is 16.2. The number of guanidine groups is 1. The van der Waals surface area contributed by atoms with Crippen LogP contribution in [0.5, 0.6) is 5.88 Å². The van der Waals surface area contributed by atoms with Gasteiger partial charge in [0, 0.05) is 19.3 Å². The van der Waals surface area contributed by atoms with Crippen molar-refractivity contribution in [2.45, 2.75) is 25.1 Å². The lowest BCUT2D eigenvalue weighted by Gasteiger charge is -2.12. The Bertz CT molecular complexity index is 553. The van der Waals surface area contributed by atoms with Crippen LogP contribution >= 0.6 is 35.6 Å². The monoisotopic (exact) mass is 464 g/mol. The van der Waals surface area contributed by atoms with Crippen molar-refractivity contribution in [3.63, 3.8) is 0 Å². The summed E-state index contributed by atoms with van der Waals surface area (Å²) in [5.74, 6) is 0.638. The van der Waals surface area contributed by atoms with Crippen molar-refractivity contribution >= 4 is 41.5 Å². The number of rotatable bonds is 5. The van der Waals surface area contributed by atoms with E-state index in [4.69, 9.17) is 16.3 Å². The number of hydrogen-bond acceptors (Lipinski definition) is 3. The van der Waals surface area contributed by atoms with Crippen LogP contribution in [0.25, 0.3) is 0 Å². The van der Waals surface area contributed by atoms with E-state index in [0.717, 1.165) is 18.9 Å². The van der Waals surface area contributed by atoms with Crippen molar-refractivity contribution in [3.8, 4) is 5.88 Å². The Morgan fingerprint density at radius 1 is 1.48 bits per heavy atom. The van der Waals surface area contributed by atoms with Gasteiger partial charge in [-0.05, 0) is 18.9 Å². The van der Waals surface area contributed by atoms with E-state index in [1.54, 1.807) is 7.05 Å². The van der Waals surface area contributed by atoms with Gasteiger partial charge in [-0.2, -0.15) is 13.2 Å². The maximum absolute atomic E-state index is 12.5. The van der Waals surface area contributed by atoms with Crippen LogP contribution in [0, 0.1) is 0 Å². The van der Waals surface area contributed by atoms with Crippen LogP contribution in [0.3, 0.4) is 0 Å². The van der Waals surface area contributed by atoms with Gasteiger partial charge in [0.1, 0.15) is 11.6 Å². The molecule has 1 saturated carbocycles. The Labute approximate surface area is 154 Å². The van der Waals surface area contributed by atoms with Crippen molar-refractivity contribution in [1.82, 2.24) is 15.6 Å². The third-order valence-electron chi connectivity index (χ3n) is 2.91. The first-order chi connectivity index (χ1) is 10.4. The van der Waals surface area contributed by atoms with E-state index >= 15 is 0 Å². The predicted molar refractivity (Wildman–Crippen MR) is 92.7 cm³/mol. The smallest absolute Gasteiger partial charge is 0.417 e. The lowest BCUT2D eigenvalue weighted by molar-refractivity contribution is -0.137. The molecule has 1 fully saturated rings. The second-order valence-corrected chi connectivity index (χ2v) is 5.18. The molecule has 1 heterocycles. The molecule has 0 aliphatic heterocycles. The summed E-state index contributed by atoms with van der Waals surface area (Å²) in [7, 11) is 1.66. The molecule has 0 spiro atoms. The van der Waals surface area contributed by atoms with Crippen LogP contribution in [-0.2, 0) is 6.18 Å². The Kier molecular flexibility index (Phi) is 7.65. The molecule has 0 bridgehead atoms. The zero-order valence-corrected chi connectivity index (χ0v) is 15.4. The highest BCUT2D eigenvalue weighted by Gasteiger charge is 2.31. The molecule has 130 valence electrons. The van der Waals surface area contributed by atoms with Crippen molar-refractivity contribution in [2.24, 2.45) is 4.99 Å². The van der Waals surface area contributed by atoms with E-state index in [-0.39, 0.29) is 41.5 Å². The molecule has 0 saturated heterocycles. The number of aliphatic imine (C=N–C) groups is 1. The van der Waals surface area contributed by atoms with Gasteiger partial charge in [-0.25, -0.2) is 4.98 Å². The average Bonchev–Trinajstić information content (AvgIpc) is 3.26. The molecule has 0 aromatic carbocycles. The van der Waals surface area contributed by atoms with Crippen molar-refractivity contribution in [1.29, 1.82) is 0 Å². The summed E-state index contributed by atoms with van der Waals surface area (Å²) in [5, 5.41) is 6.05. The molecule has 2 rings (SSSR count). The van der Waals surface area contributed by atoms with Gasteiger partial charge in [0.15, 0.2) is 5.96 Å². The minimum atomic E-state index is -4.47. The van der Waals surface area contributed by atoms with E-state index in [9.17, 15) is 13.2 Å². The third-order valence-corrected chi connectivity index (χ3v) is 3.18. The topological polar surface area (TPSA) is 58.5 Å². The van der Waals surface area contributed by atoms with Gasteiger partial charge < -0.3 is 15.4 Å². The highest BCUT2D eigenvalue weighted by atomic mass is 127. The van der Waals surface area contributed by atoms with E-state index in [0.29, 0.717) is 24.7 Å². The van der Waals surface area contributed by atoms with Crippen LogP contribution in [0.4, 0.5) is 13.2 Å². The number of nitrogens with one attached hydrogen (secondary N) is 2. The first-order valence-corrected chi connectivity index (χ1v) is 7.10. The fourth-order valence-electron chi connectivity index (χ4n) is 1.62. The van der Waals surface area contributed by atoms with Crippen LogP contribution < -0.4 is 15.4 Å². The first kappa shape index (κ1) is 20.1. The van der Waals surface area contributed by atoms with Crippen molar-refractivity contribution < 1.29 is 17.9 Å². The first-order valence-electron chi connectivity index (χ1n) is 6.73. The molecule has 2 N–H and O–H groups in total. The van der Waals surface area contributed by atoms with E-state index < -0.39 is 11.7 Å². The number of alkyl halides is 3. The predicted octanol–water partition coefficient (Wildman–Crippen LogP) is 3.08. The Balaban J connectivity index is 0.00000264. The summed E-state index contributed by atoms with van der Waals surface area (Å²) in [4.78, 5) is 7.63. The summed E-state index contributed by atoms with van der Waals surface area (Å²) in [6.45, 7) is 0.620. The van der Waals surface area contributed by atoms with Crippen LogP contribution in [0.2, 0.25) is 5.02 Å². The van der Waals surface area contributed by atoms with E-state index in [1.807, 2.05) is 0 Å². The molecule has 1 aliphatic carbocycles. The largest absolute Gasteiger partial charge is 0.475 e. The summed E-state index contributed by atoms with van der Waals surface area (Å²) in [6.07, 6.45) is -1.52. The molecule has 0 radical (unpaired) electrons. The maximum atomic E-state index is 12.5. The molecule has 0 atom stereocenters. The Morgan fingerprint density at radius 3 is 2.70 bits per heavy atom. The van der Waals surface area contributed by atoms with Gasteiger partial charge in [0.2, 0.25) is 5.88 Å². The van der Waals surface area contributed by atoms with Crippen LogP contribution in [-0.4, -0.2) is 37.2 Å². The standard InChI is InChI=1S/C13H16ClF3N4O.HI/c1-18-12(21-9-2-3-9)19-4-5-22-11-10(14)6-8(7-20-11)13(15,16)17;/h6-7,9H,2-5H2,1H3,(H2,18,19,21);1H. The maximum Gasteiger partial charge on any atom is 0.417 e. The van der Waals surface area contributed by atoms with Gasteiger partial charge in [0.05, 0.1) is 12.1 Å². The molecule has 1 aliphatic rings. The highest BCUT2D eigenvalue weighted by Crippen LogP contribution is 2.32. The van der Waals surface area contributed by atoms with Crippen molar-refractivity contribution in [3.05, 3.63) is 22.8 Å². The molecule has 1 aromatic heterocycles. The lowest BCUT2D eigenvalue weighted by atomic mass is 10.3. The second kappa shape index (κ2) is 8.76. The van der Waals surface area contributed by atoms with Crippen molar-refractivity contribution in [2.75, 3.05) is 20.2 Å². The number of halogens is 5. The molecule has 0 unspecified atom stereocenters. The fourth-order valence-corrected chi connectivity index (χ4v) is 1.84. The third kappa shape index (κ3) is 6.58. The molecule has 10 heteroatoms. The number of nitrogens with zero attached hydrogens (tertiary/aromatic N) is 2. The van der Waals surface area contributed by atoms with Gasteiger partial charge in [0.25, 0.3) is 0 Å². The summed E-state index contributed by atoms with van der Waals surface area (Å²) < 4.78 is 42.7. The Morgan fingerprint density at radius 2 is 2.17 bits per heavy atom. The normalized spacial score (nSPS) is 14.9. The average molecular weight is 465 g/mol. The van der Waals surface area contributed by atoms with Gasteiger partial charge in [-0.3, -0.25) is 4.99 Å². The number of aromatic nitrogens is 1. The summed E-state index contributed by atoms with van der Waals surface area (Å²) >= 11 is 5.74. The van der Waals surface area contributed by atoms with Crippen LogP contribution in [0.1, 0.15) is 18.4 Å². The second-order valence-electron chi connectivity index (χ2n) is 4.77. The van der Waals surface area contributed by atoms with Gasteiger partial charge >= 0.3 is 6.18 Å². The molecule has 0 amide bonds. The Hall–Kier alpha value is -0.970. The van der Waals surface area contributed by atoms with E-state index in [2.05, 4.69) is 20.6 Å². The molecule has 5 nitrogen and oxygen atoms in total. The number of hydrogen-bond donors (Lipinski definition) is 2. The number of pyridine rings is 1. The highest BCUT2D eigenvalue weighted by molar-refractivity contribution is 14.0.